The van der Waals surface area contributed by atoms with Crippen molar-refractivity contribution in [3.63, 3.8) is 0 Å². The van der Waals surface area contributed by atoms with Crippen molar-refractivity contribution in [1.29, 1.82) is 0 Å². The van der Waals surface area contributed by atoms with Gasteiger partial charge in [0.2, 0.25) is 5.95 Å². The molecule has 3 rings (SSSR count). The molecular weight excluding hydrogens is 311 g/mol. The van der Waals surface area contributed by atoms with Gasteiger partial charge >= 0.3 is 5.97 Å². The van der Waals surface area contributed by atoms with Crippen molar-refractivity contribution in [2.24, 2.45) is 0 Å². The number of carbonyl (C=O) groups is 2. The molecule has 2 aromatic rings. The quantitative estimate of drug-likeness (QED) is 0.639. The van der Waals surface area contributed by atoms with Crippen molar-refractivity contribution in [1.82, 2.24) is 9.88 Å². The van der Waals surface area contributed by atoms with Crippen LogP contribution in [0.1, 0.15) is 28.8 Å². The first kappa shape index (κ1) is 16.1. The summed E-state index contributed by atoms with van der Waals surface area (Å²) in [6.07, 6.45) is 2.50. The zero-order valence-corrected chi connectivity index (χ0v) is 13.0. The fourth-order valence-corrected chi connectivity index (χ4v) is 2.78. The van der Waals surface area contributed by atoms with Crippen molar-refractivity contribution >= 4 is 11.9 Å². The molecule has 1 aliphatic heterocycles. The second kappa shape index (κ2) is 7.21. The molecule has 0 spiro atoms. The second-order valence-corrected chi connectivity index (χ2v) is 5.62. The molecule has 1 amide bonds. The number of halogens is 1. The third-order valence-corrected chi connectivity index (χ3v) is 3.98. The Balaban J connectivity index is 1.66. The molecule has 124 valence electrons. The van der Waals surface area contributed by atoms with Crippen LogP contribution in [-0.4, -0.2) is 34.3 Å². The third kappa shape index (κ3) is 3.59. The minimum atomic E-state index is -0.719. The zero-order valence-electron chi connectivity index (χ0n) is 13.0. The summed E-state index contributed by atoms with van der Waals surface area (Å²) in [5.41, 5.74) is 1.07. The van der Waals surface area contributed by atoms with Gasteiger partial charge in [0.25, 0.3) is 5.91 Å². The normalized spacial score (nSPS) is 16.9. The number of hydrogen-bond donors (Lipinski definition) is 0. The fraction of sp³-hybridized carbons (Fsp3) is 0.278. The highest BCUT2D eigenvalue weighted by molar-refractivity contribution is 5.97. The molecule has 1 aromatic heterocycles. The van der Waals surface area contributed by atoms with Crippen molar-refractivity contribution in [3.8, 4) is 0 Å². The Morgan fingerprint density at radius 3 is 2.79 bits per heavy atom. The highest BCUT2D eigenvalue weighted by Gasteiger charge is 2.35. The summed E-state index contributed by atoms with van der Waals surface area (Å²) in [5, 5.41) is 0. The molecule has 1 saturated heterocycles. The number of amides is 1. The molecule has 0 N–H and O–H groups in total. The van der Waals surface area contributed by atoms with E-state index in [1.54, 1.807) is 0 Å². The van der Waals surface area contributed by atoms with E-state index in [4.69, 9.17) is 4.74 Å². The van der Waals surface area contributed by atoms with Crippen molar-refractivity contribution in [2.75, 3.05) is 6.54 Å². The minimum Gasteiger partial charge on any atom is -0.459 e. The predicted octanol–water partition coefficient (Wildman–Crippen LogP) is 2.57. The molecule has 1 aliphatic rings. The van der Waals surface area contributed by atoms with E-state index in [0.29, 0.717) is 19.4 Å². The van der Waals surface area contributed by atoms with Crippen molar-refractivity contribution < 1.29 is 18.7 Å². The van der Waals surface area contributed by atoms with E-state index in [2.05, 4.69) is 4.98 Å². The highest BCUT2D eigenvalue weighted by atomic mass is 19.1. The molecule has 2 heterocycles. The Bertz CT molecular complexity index is 736. The van der Waals surface area contributed by atoms with Crippen LogP contribution < -0.4 is 0 Å². The highest BCUT2D eigenvalue weighted by Crippen LogP contribution is 2.22. The van der Waals surface area contributed by atoms with Gasteiger partial charge in [-0.2, -0.15) is 4.39 Å². The van der Waals surface area contributed by atoms with Crippen LogP contribution >= 0.6 is 0 Å². The van der Waals surface area contributed by atoms with Gasteiger partial charge in [-0.15, -0.1) is 0 Å². The van der Waals surface area contributed by atoms with Crippen LogP contribution in [0.4, 0.5) is 4.39 Å². The largest absolute Gasteiger partial charge is 0.459 e. The van der Waals surface area contributed by atoms with Crippen LogP contribution in [-0.2, 0) is 16.1 Å². The van der Waals surface area contributed by atoms with E-state index < -0.39 is 18.0 Å². The molecule has 5 nitrogen and oxygen atoms in total. The Morgan fingerprint density at radius 1 is 1.25 bits per heavy atom. The topological polar surface area (TPSA) is 59.5 Å². The van der Waals surface area contributed by atoms with Gasteiger partial charge in [0, 0.05) is 24.4 Å². The molecule has 0 saturated carbocycles. The molecule has 1 aromatic carbocycles. The number of ether oxygens (including phenoxy) is 1. The van der Waals surface area contributed by atoms with E-state index in [1.807, 2.05) is 30.3 Å². The van der Waals surface area contributed by atoms with Crippen LogP contribution in [0.25, 0.3) is 0 Å². The van der Waals surface area contributed by atoms with Gasteiger partial charge in [-0.1, -0.05) is 30.3 Å². The molecule has 24 heavy (non-hydrogen) atoms. The lowest BCUT2D eigenvalue weighted by Crippen LogP contribution is -2.41. The monoisotopic (exact) mass is 328 g/mol. The molecule has 1 atom stereocenters. The number of benzene rings is 1. The van der Waals surface area contributed by atoms with Gasteiger partial charge in [-0.3, -0.25) is 4.79 Å². The maximum Gasteiger partial charge on any atom is 0.329 e. The smallest absolute Gasteiger partial charge is 0.329 e. The van der Waals surface area contributed by atoms with E-state index in [0.717, 1.165) is 11.6 Å². The first-order valence-corrected chi connectivity index (χ1v) is 7.78. The summed E-state index contributed by atoms with van der Waals surface area (Å²) in [7, 11) is 0. The number of hydrogen-bond acceptors (Lipinski definition) is 4. The standard InChI is InChI=1S/C18H17FN2O3/c19-16-11-14(8-9-20-16)17(22)21-10-4-7-15(21)18(23)24-12-13-5-2-1-3-6-13/h1-3,5-6,8-9,11,15H,4,7,10,12H2/t15-/m1/s1. The van der Waals surface area contributed by atoms with Gasteiger partial charge < -0.3 is 9.64 Å². The number of likely N-dealkylation sites (tertiary alicyclic amines) is 1. The molecule has 0 aliphatic carbocycles. The summed E-state index contributed by atoms with van der Waals surface area (Å²) in [6, 6.07) is 11.2. The van der Waals surface area contributed by atoms with E-state index in [9.17, 15) is 14.0 Å². The number of pyridine rings is 1. The predicted molar refractivity (Wildman–Crippen MR) is 84.5 cm³/mol. The van der Waals surface area contributed by atoms with Crippen LogP contribution in [0.2, 0.25) is 0 Å². The van der Waals surface area contributed by atoms with E-state index in [1.165, 1.54) is 17.2 Å². The summed E-state index contributed by atoms with van der Waals surface area (Å²) < 4.78 is 18.5. The van der Waals surface area contributed by atoms with Gasteiger partial charge in [0.1, 0.15) is 12.6 Å². The average molecular weight is 328 g/mol. The number of carbonyl (C=O) groups excluding carboxylic acids is 2. The second-order valence-electron chi connectivity index (χ2n) is 5.62. The Kier molecular flexibility index (Phi) is 4.84. The third-order valence-electron chi connectivity index (χ3n) is 3.98. The van der Waals surface area contributed by atoms with Gasteiger partial charge in [-0.25, -0.2) is 9.78 Å². The Hall–Kier alpha value is -2.76. The van der Waals surface area contributed by atoms with Crippen LogP contribution in [0.15, 0.2) is 48.7 Å². The molecular formula is C18H17FN2O3. The summed E-state index contributed by atoms with van der Waals surface area (Å²) >= 11 is 0. The van der Waals surface area contributed by atoms with Crippen molar-refractivity contribution in [3.05, 3.63) is 65.7 Å². The lowest BCUT2D eigenvalue weighted by molar-refractivity contribution is -0.149. The van der Waals surface area contributed by atoms with Gasteiger partial charge in [0.15, 0.2) is 0 Å². The van der Waals surface area contributed by atoms with Crippen LogP contribution in [0.5, 0.6) is 0 Å². The molecule has 0 unspecified atom stereocenters. The maximum absolute atomic E-state index is 13.2. The summed E-state index contributed by atoms with van der Waals surface area (Å²) in [6.45, 7) is 0.621. The van der Waals surface area contributed by atoms with Crippen molar-refractivity contribution in [2.45, 2.75) is 25.5 Å². The molecule has 0 bridgehead atoms. The van der Waals surface area contributed by atoms with E-state index >= 15 is 0 Å². The minimum absolute atomic E-state index is 0.169. The Labute approximate surface area is 139 Å². The SMILES string of the molecule is O=C(OCc1ccccc1)[C@H]1CCCN1C(=O)c1ccnc(F)c1. The van der Waals surface area contributed by atoms with Gasteiger partial charge in [0.05, 0.1) is 0 Å². The first-order valence-electron chi connectivity index (χ1n) is 7.78. The van der Waals surface area contributed by atoms with Crippen LogP contribution in [0.3, 0.4) is 0 Å². The number of esters is 1. The lowest BCUT2D eigenvalue weighted by atomic mass is 10.2. The molecule has 1 fully saturated rings. The molecule has 0 radical (unpaired) electrons. The van der Waals surface area contributed by atoms with E-state index in [-0.39, 0.29) is 18.1 Å². The Morgan fingerprint density at radius 2 is 2.04 bits per heavy atom. The zero-order chi connectivity index (χ0) is 16.9. The number of nitrogens with zero attached hydrogens (tertiary/aromatic N) is 2. The lowest BCUT2D eigenvalue weighted by Gasteiger charge is -2.23. The average Bonchev–Trinajstić information content (AvgIpc) is 3.09. The fourth-order valence-electron chi connectivity index (χ4n) is 2.78. The first-order chi connectivity index (χ1) is 11.6. The molecule has 6 heteroatoms. The summed E-state index contributed by atoms with van der Waals surface area (Å²) in [5.74, 6) is -1.53. The maximum atomic E-state index is 13.2. The summed E-state index contributed by atoms with van der Waals surface area (Å²) in [4.78, 5) is 29.7. The number of rotatable bonds is 4. The van der Waals surface area contributed by atoms with Crippen LogP contribution in [0, 0.1) is 5.95 Å². The van der Waals surface area contributed by atoms with Gasteiger partial charge in [-0.05, 0) is 24.5 Å². The number of aromatic nitrogens is 1.